The van der Waals surface area contributed by atoms with Crippen LogP contribution in [-0.2, 0) is 14.8 Å². The number of primary sulfonamides is 1. The van der Waals surface area contributed by atoms with Crippen LogP contribution in [0.4, 0.5) is 23.1 Å². The van der Waals surface area contributed by atoms with Gasteiger partial charge in [0.05, 0.1) is 11.1 Å². The van der Waals surface area contributed by atoms with Gasteiger partial charge in [-0.2, -0.15) is 4.98 Å². The third-order valence-electron chi connectivity index (χ3n) is 5.32. The topological polar surface area (TPSA) is 122 Å². The van der Waals surface area contributed by atoms with Crippen molar-refractivity contribution in [2.75, 3.05) is 29.2 Å². The zero-order valence-corrected chi connectivity index (χ0v) is 18.1. The second-order valence-electron chi connectivity index (χ2n) is 7.36. The van der Waals surface area contributed by atoms with Crippen molar-refractivity contribution in [3.05, 3.63) is 65.9 Å². The highest BCUT2D eigenvalue weighted by Gasteiger charge is 2.37. The van der Waals surface area contributed by atoms with Gasteiger partial charge in [-0.3, -0.25) is 4.79 Å². The molecule has 0 radical (unpaired) electrons. The fraction of sp³-hybridized carbons (Fsp3) is 0.190. The number of hydrogen-bond donors (Lipinski definition) is 2. The Hall–Kier alpha value is -3.50. The molecule has 0 saturated heterocycles. The van der Waals surface area contributed by atoms with Crippen molar-refractivity contribution < 1.29 is 13.2 Å². The normalized spacial score (nSPS) is 16.3. The van der Waals surface area contributed by atoms with E-state index in [-0.39, 0.29) is 10.8 Å². The average Bonchev–Trinajstić information content (AvgIpc) is 2.73. The maximum Gasteiger partial charge on any atom is 0.254 e. The van der Waals surface area contributed by atoms with E-state index in [0.717, 1.165) is 11.1 Å². The fourth-order valence-corrected chi connectivity index (χ4v) is 4.12. The van der Waals surface area contributed by atoms with Gasteiger partial charge in [-0.1, -0.05) is 24.3 Å². The lowest BCUT2D eigenvalue weighted by atomic mass is 9.97. The molecule has 1 aliphatic rings. The standard InChI is InChI=1S/C21H22N6O3S/c1-13-6-4-5-7-16(13)18-20(28)26(2)17-12-23-21(25-19(17)27(18)3)24-14-8-10-15(11-9-14)31(22,29)30/h4-12,18H,1-3H3,(H2,22,29,30)(H,23,24,25). The molecule has 4 rings (SSSR count). The molecule has 2 aromatic carbocycles. The minimum absolute atomic E-state index is 0.0188. The van der Waals surface area contributed by atoms with Crippen molar-refractivity contribution in [1.29, 1.82) is 0 Å². The van der Waals surface area contributed by atoms with Crippen molar-refractivity contribution in [2.24, 2.45) is 5.14 Å². The van der Waals surface area contributed by atoms with E-state index >= 15 is 0 Å². The summed E-state index contributed by atoms with van der Waals surface area (Å²) in [6.45, 7) is 1.98. The number of hydrogen-bond acceptors (Lipinski definition) is 7. The van der Waals surface area contributed by atoms with Gasteiger partial charge in [-0.15, -0.1) is 0 Å². The first-order valence-corrected chi connectivity index (χ1v) is 11.0. The van der Waals surface area contributed by atoms with E-state index in [1.54, 1.807) is 30.3 Å². The number of sulfonamides is 1. The molecule has 31 heavy (non-hydrogen) atoms. The average molecular weight is 439 g/mol. The summed E-state index contributed by atoms with van der Waals surface area (Å²) in [5.74, 6) is 0.862. The highest BCUT2D eigenvalue weighted by Crippen LogP contribution is 2.39. The van der Waals surface area contributed by atoms with Gasteiger partial charge in [0, 0.05) is 19.8 Å². The number of anilines is 4. The van der Waals surface area contributed by atoms with Gasteiger partial charge < -0.3 is 15.1 Å². The Morgan fingerprint density at radius 1 is 1.06 bits per heavy atom. The number of fused-ring (bicyclic) bond motifs is 1. The van der Waals surface area contributed by atoms with Crippen LogP contribution in [0.3, 0.4) is 0 Å². The molecule has 1 atom stereocenters. The summed E-state index contributed by atoms with van der Waals surface area (Å²) in [7, 11) is -0.220. The van der Waals surface area contributed by atoms with Crippen LogP contribution in [0, 0.1) is 6.92 Å². The van der Waals surface area contributed by atoms with Crippen LogP contribution < -0.4 is 20.3 Å². The zero-order valence-electron chi connectivity index (χ0n) is 17.3. The number of carbonyl (C=O) groups excluding carboxylic acids is 1. The van der Waals surface area contributed by atoms with Crippen LogP contribution in [0.25, 0.3) is 0 Å². The second kappa shape index (κ2) is 7.64. The molecular weight excluding hydrogens is 416 g/mol. The van der Waals surface area contributed by atoms with Gasteiger partial charge in [0.15, 0.2) is 5.82 Å². The number of nitrogens with one attached hydrogen (secondary N) is 1. The summed E-state index contributed by atoms with van der Waals surface area (Å²) in [6.07, 6.45) is 1.59. The number of aryl methyl sites for hydroxylation is 1. The molecule has 9 nitrogen and oxygen atoms in total. The lowest BCUT2D eigenvalue weighted by molar-refractivity contribution is -0.120. The van der Waals surface area contributed by atoms with Crippen LogP contribution >= 0.6 is 0 Å². The van der Waals surface area contributed by atoms with Crippen LogP contribution in [-0.4, -0.2) is 38.4 Å². The lowest BCUT2D eigenvalue weighted by Crippen LogP contribution is -2.45. The van der Waals surface area contributed by atoms with Gasteiger partial charge >= 0.3 is 0 Å². The summed E-state index contributed by atoms with van der Waals surface area (Å²) in [6, 6.07) is 13.2. The summed E-state index contributed by atoms with van der Waals surface area (Å²) >= 11 is 0. The quantitative estimate of drug-likeness (QED) is 0.641. The SMILES string of the molecule is Cc1ccccc1C1C(=O)N(C)c2cnc(Nc3ccc(S(N)(=O)=O)cc3)nc2N1C. The number of rotatable bonds is 4. The number of benzene rings is 2. The molecule has 10 heteroatoms. The smallest absolute Gasteiger partial charge is 0.254 e. The third-order valence-corrected chi connectivity index (χ3v) is 6.25. The number of nitrogens with two attached hydrogens (primary N) is 1. The van der Waals surface area contributed by atoms with Gasteiger partial charge in [0.2, 0.25) is 16.0 Å². The Morgan fingerprint density at radius 2 is 1.74 bits per heavy atom. The molecule has 1 amide bonds. The Morgan fingerprint density at radius 3 is 2.39 bits per heavy atom. The van der Waals surface area contributed by atoms with Crippen molar-refractivity contribution in [2.45, 2.75) is 17.9 Å². The van der Waals surface area contributed by atoms with Gasteiger partial charge in [0.25, 0.3) is 5.91 Å². The number of aromatic nitrogens is 2. The lowest BCUT2D eigenvalue weighted by Gasteiger charge is -2.39. The largest absolute Gasteiger partial charge is 0.342 e. The molecule has 2 heterocycles. The highest BCUT2D eigenvalue weighted by molar-refractivity contribution is 7.89. The Kier molecular flexibility index (Phi) is 5.11. The molecule has 0 aliphatic carbocycles. The number of amides is 1. The fourth-order valence-electron chi connectivity index (χ4n) is 3.61. The molecule has 0 bridgehead atoms. The molecule has 0 spiro atoms. The molecule has 1 aromatic heterocycles. The minimum atomic E-state index is -3.76. The number of carbonyl (C=O) groups is 1. The Labute approximate surface area is 180 Å². The second-order valence-corrected chi connectivity index (χ2v) is 8.93. The summed E-state index contributed by atoms with van der Waals surface area (Å²) < 4.78 is 22.8. The zero-order chi connectivity index (χ0) is 22.3. The molecule has 1 unspecified atom stereocenters. The van der Waals surface area contributed by atoms with Crippen molar-refractivity contribution in [3.8, 4) is 0 Å². The Bertz CT molecular complexity index is 1260. The molecule has 0 fully saturated rings. The minimum Gasteiger partial charge on any atom is -0.342 e. The van der Waals surface area contributed by atoms with E-state index in [4.69, 9.17) is 5.14 Å². The molecule has 3 aromatic rings. The van der Waals surface area contributed by atoms with Crippen molar-refractivity contribution >= 4 is 39.1 Å². The van der Waals surface area contributed by atoms with E-state index < -0.39 is 16.1 Å². The molecule has 160 valence electrons. The molecule has 0 saturated carbocycles. The first kappa shape index (κ1) is 20.8. The van der Waals surface area contributed by atoms with Crippen LogP contribution in [0.15, 0.2) is 59.6 Å². The summed E-state index contributed by atoms with van der Waals surface area (Å²) in [5, 5.41) is 8.19. The van der Waals surface area contributed by atoms with E-state index in [9.17, 15) is 13.2 Å². The number of nitrogens with zero attached hydrogens (tertiary/aromatic N) is 4. The highest BCUT2D eigenvalue weighted by atomic mass is 32.2. The van der Waals surface area contributed by atoms with E-state index in [0.29, 0.717) is 23.1 Å². The first-order chi connectivity index (χ1) is 14.7. The molecular formula is C21H22N6O3S. The predicted octanol–water partition coefficient (Wildman–Crippen LogP) is 2.33. The summed E-state index contributed by atoms with van der Waals surface area (Å²) in [4.78, 5) is 25.4. The molecule has 1 aliphatic heterocycles. The predicted molar refractivity (Wildman–Crippen MR) is 119 cm³/mol. The number of likely N-dealkylation sites (N-methyl/N-ethyl adjacent to an activating group) is 2. The maximum absolute atomic E-state index is 13.1. The van der Waals surface area contributed by atoms with Gasteiger partial charge in [-0.05, 0) is 42.3 Å². The van der Waals surface area contributed by atoms with E-state index in [1.807, 2.05) is 43.1 Å². The van der Waals surface area contributed by atoms with Crippen LogP contribution in [0.2, 0.25) is 0 Å². The van der Waals surface area contributed by atoms with Crippen molar-refractivity contribution in [3.63, 3.8) is 0 Å². The maximum atomic E-state index is 13.1. The van der Waals surface area contributed by atoms with Gasteiger partial charge in [-0.25, -0.2) is 18.5 Å². The molecule has 3 N–H and O–H groups in total. The third kappa shape index (κ3) is 3.82. The van der Waals surface area contributed by atoms with Crippen LogP contribution in [0.5, 0.6) is 0 Å². The van der Waals surface area contributed by atoms with E-state index in [2.05, 4.69) is 15.3 Å². The first-order valence-electron chi connectivity index (χ1n) is 9.49. The Balaban J connectivity index is 1.68. The van der Waals surface area contributed by atoms with Gasteiger partial charge in [0.1, 0.15) is 11.7 Å². The van der Waals surface area contributed by atoms with E-state index in [1.165, 1.54) is 12.1 Å². The van der Waals surface area contributed by atoms with Crippen molar-refractivity contribution in [1.82, 2.24) is 9.97 Å². The van der Waals surface area contributed by atoms with Crippen LogP contribution in [0.1, 0.15) is 17.2 Å². The summed E-state index contributed by atoms with van der Waals surface area (Å²) in [5.41, 5.74) is 3.14. The monoisotopic (exact) mass is 438 g/mol.